The molecule has 0 bridgehead atoms. The molecule has 1 aromatic carbocycles. The zero-order valence-electron chi connectivity index (χ0n) is 13.5. The molecule has 0 spiro atoms. The van der Waals surface area contributed by atoms with Crippen molar-refractivity contribution in [1.82, 2.24) is 10.2 Å². The molecular weight excluding hydrogens is 408 g/mol. The van der Waals surface area contributed by atoms with Gasteiger partial charge in [-0.25, -0.2) is 0 Å². The van der Waals surface area contributed by atoms with Crippen molar-refractivity contribution in [2.24, 2.45) is 0 Å². The molecule has 1 saturated heterocycles. The third-order valence-electron chi connectivity index (χ3n) is 4.12. The van der Waals surface area contributed by atoms with Crippen LogP contribution >= 0.6 is 31.9 Å². The van der Waals surface area contributed by atoms with Gasteiger partial charge in [-0.15, -0.1) is 0 Å². The number of nitrogens with one attached hydrogen (secondary N) is 1. The quantitative estimate of drug-likeness (QED) is 0.649. The van der Waals surface area contributed by atoms with Gasteiger partial charge in [-0.2, -0.15) is 0 Å². The van der Waals surface area contributed by atoms with Crippen LogP contribution < -0.4 is 10.1 Å². The van der Waals surface area contributed by atoms with Crippen molar-refractivity contribution in [3.05, 3.63) is 26.6 Å². The molecule has 1 fully saturated rings. The molecular formula is C17H26Br2N2O. The maximum atomic E-state index is 5.77. The van der Waals surface area contributed by atoms with Crippen LogP contribution in [0.2, 0.25) is 0 Å². The van der Waals surface area contributed by atoms with E-state index in [0.717, 1.165) is 47.4 Å². The van der Waals surface area contributed by atoms with Gasteiger partial charge in [-0.1, -0.05) is 13.8 Å². The fourth-order valence-electron chi connectivity index (χ4n) is 2.98. The Morgan fingerprint density at radius 1 is 1.27 bits per heavy atom. The minimum atomic E-state index is 0.698. The fraction of sp³-hybridized carbons (Fsp3) is 0.647. The van der Waals surface area contributed by atoms with Gasteiger partial charge in [0, 0.05) is 19.1 Å². The number of rotatable bonds is 8. The molecule has 2 rings (SSSR count). The first-order chi connectivity index (χ1) is 10.7. The van der Waals surface area contributed by atoms with Gasteiger partial charge >= 0.3 is 0 Å². The van der Waals surface area contributed by atoms with Crippen LogP contribution in [-0.2, 0) is 6.54 Å². The molecule has 22 heavy (non-hydrogen) atoms. The first-order valence-electron chi connectivity index (χ1n) is 8.21. The molecule has 0 aliphatic carbocycles. The maximum Gasteiger partial charge on any atom is 0.147 e. The molecule has 1 aromatic rings. The number of nitrogens with zero attached hydrogens (tertiary/aromatic N) is 1. The molecule has 0 amide bonds. The number of likely N-dealkylation sites (N-methyl/N-ethyl adjacent to an activating group) is 1. The topological polar surface area (TPSA) is 24.5 Å². The molecule has 1 aliphatic heterocycles. The van der Waals surface area contributed by atoms with E-state index in [2.05, 4.69) is 68.1 Å². The summed E-state index contributed by atoms with van der Waals surface area (Å²) >= 11 is 7.23. The van der Waals surface area contributed by atoms with E-state index < -0.39 is 0 Å². The van der Waals surface area contributed by atoms with Crippen LogP contribution in [0.1, 0.15) is 38.7 Å². The molecule has 0 unspecified atom stereocenters. The lowest BCUT2D eigenvalue weighted by Crippen LogP contribution is -2.37. The van der Waals surface area contributed by atoms with Gasteiger partial charge < -0.3 is 10.1 Å². The smallest absolute Gasteiger partial charge is 0.147 e. The standard InChI is InChI=1S/C17H26Br2N2O/c1-3-8-22-17-15(18)9-13(10-16(17)19)11-20-12-14-6-5-7-21(14)4-2/h9-10,14,20H,3-8,11-12H2,1-2H3/t14-/m0/s1. The average molecular weight is 434 g/mol. The molecule has 124 valence electrons. The minimum absolute atomic E-state index is 0.698. The number of likely N-dealkylation sites (tertiary alicyclic amines) is 1. The number of ether oxygens (including phenoxy) is 1. The lowest BCUT2D eigenvalue weighted by atomic mass is 10.2. The Bertz CT molecular complexity index is 459. The van der Waals surface area contributed by atoms with Gasteiger partial charge in [0.15, 0.2) is 0 Å². The van der Waals surface area contributed by atoms with Gasteiger partial charge in [0.1, 0.15) is 5.75 Å². The zero-order chi connectivity index (χ0) is 15.9. The van der Waals surface area contributed by atoms with Crippen molar-refractivity contribution in [2.75, 3.05) is 26.2 Å². The van der Waals surface area contributed by atoms with Crippen molar-refractivity contribution in [3.8, 4) is 5.75 Å². The Labute approximate surface area is 151 Å². The van der Waals surface area contributed by atoms with Crippen molar-refractivity contribution in [3.63, 3.8) is 0 Å². The number of halogens is 2. The molecule has 0 saturated carbocycles. The zero-order valence-corrected chi connectivity index (χ0v) is 16.7. The predicted molar refractivity (Wildman–Crippen MR) is 99.6 cm³/mol. The monoisotopic (exact) mass is 432 g/mol. The summed E-state index contributed by atoms with van der Waals surface area (Å²) in [4.78, 5) is 2.57. The van der Waals surface area contributed by atoms with Crippen LogP contribution in [0.25, 0.3) is 0 Å². The summed E-state index contributed by atoms with van der Waals surface area (Å²) in [7, 11) is 0. The molecule has 5 heteroatoms. The van der Waals surface area contributed by atoms with Crippen LogP contribution in [-0.4, -0.2) is 37.2 Å². The molecule has 0 aromatic heterocycles. The summed E-state index contributed by atoms with van der Waals surface area (Å²) in [6.45, 7) is 9.47. The lowest BCUT2D eigenvalue weighted by molar-refractivity contribution is 0.260. The van der Waals surface area contributed by atoms with E-state index in [1.807, 2.05) is 0 Å². The van der Waals surface area contributed by atoms with Crippen molar-refractivity contribution >= 4 is 31.9 Å². The van der Waals surface area contributed by atoms with Crippen LogP contribution in [0.3, 0.4) is 0 Å². The second kappa shape index (κ2) is 9.26. The van der Waals surface area contributed by atoms with Crippen molar-refractivity contribution in [2.45, 2.75) is 45.7 Å². The van der Waals surface area contributed by atoms with Gasteiger partial charge in [-0.05, 0) is 81.9 Å². The largest absolute Gasteiger partial charge is 0.491 e. The Hall–Kier alpha value is -0.100. The van der Waals surface area contributed by atoms with E-state index in [1.54, 1.807) is 0 Å². The molecule has 1 aliphatic rings. The van der Waals surface area contributed by atoms with Crippen LogP contribution in [0.4, 0.5) is 0 Å². The highest BCUT2D eigenvalue weighted by Crippen LogP contribution is 2.34. The van der Waals surface area contributed by atoms with E-state index in [4.69, 9.17) is 4.74 Å². The molecule has 1 heterocycles. The summed E-state index contributed by atoms with van der Waals surface area (Å²) in [6, 6.07) is 4.99. The maximum absolute atomic E-state index is 5.77. The summed E-state index contributed by atoms with van der Waals surface area (Å²) in [6.07, 6.45) is 3.66. The third-order valence-corrected chi connectivity index (χ3v) is 5.30. The third kappa shape index (κ3) is 4.95. The summed E-state index contributed by atoms with van der Waals surface area (Å²) in [5, 5.41) is 3.60. The van der Waals surface area contributed by atoms with Gasteiger partial charge in [0.25, 0.3) is 0 Å². The van der Waals surface area contributed by atoms with Crippen molar-refractivity contribution in [1.29, 1.82) is 0 Å². The van der Waals surface area contributed by atoms with Crippen LogP contribution in [0.15, 0.2) is 21.1 Å². The number of benzene rings is 1. The average Bonchev–Trinajstić information content (AvgIpc) is 2.94. The summed E-state index contributed by atoms with van der Waals surface area (Å²) in [5.74, 6) is 0.901. The first kappa shape index (κ1) is 18.2. The SMILES string of the molecule is CCCOc1c(Br)cc(CNC[C@@H]2CCCN2CC)cc1Br. The van der Waals surface area contributed by atoms with Crippen LogP contribution in [0.5, 0.6) is 5.75 Å². The van der Waals surface area contributed by atoms with Gasteiger partial charge in [0.05, 0.1) is 15.6 Å². The van der Waals surface area contributed by atoms with E-state index in [-0.39, 0.29) is 0 Å². The lowest BCUT2D eigenvalue weighted by Gasteiger charge is -2.23. The highest BCUT2D eigenvalue weighted by molar-refractivity contribution is 9.11. The highest BCUT2D eigenvalue weighted by Gasteiger charge is 2.22. The summed E-state index contributed by atoms with van der Waals surface area (Å²) in [5.41, 5.74) is 1.27. The normalized spacial score (nSPS) is 18.8. The molecule has 3 nitrogen and oxygen atoms in total. The number of hydrogen-bond donors (Lipinski definition) is 1. The van der Waals surface area contributed by atoms with E-state index in [1.165, 1.54) is 24.9 Å². The van der Waals surface area contributed by atoms with Crippen LogP contribution in [0, 0.1) is 0 Å². The number of hydrogen-bond acceptors (Lipinski definition) is 3. The Morgan fingerprint density at radius 3 is 2.64 bits per heavy atom. The Balaban J connectivity index is 1.88. The molecule has 0 radical (unpaired) electrons. The first-order valence-corrected chi connectivity index (χ1v) is 9.79. The summed E-state index contributed by atoms with van der Waals surface area (Å²) < 4.78 is 7.80. The molecule has 1 atom stereocenters. The second-order valence-electron chi connectivity index (χ2n) is 5.79. The Kier molecular flexibility index (Phi) is 7.68. The molecule has 1 N–H and O–H groups in total. The van der Waals surface area contributed by atoms with E-state index in [0.29, 0.717) is 6.04 Å². The van der Waals surface area contributed by atoms with E-state index >= 15 is 0 Å². The van der Waals surface area contributed by atoms with Gasteiger partial charge in [0.2, 0.25) is 0 Å². The van der Waals surface area contributed by atoms with Crippen molar-refractivity contribution < 1.29 is 4.74 Å². The second-order valence-corrected chi connectivity index (χ2v) is 7.50. The highest BCUT2D eigenvalue weighted by atomic mass is 79.9. The predicted octanol–water partition coefficient (Wildman–Crippen LogP) is 4.57. The Morgan fingerprint density at radius 2 is 2.00 bits per heavy atom. The minimum Gasteiger partial charge on any atom is -0.491 e. The van der Waals surface area contributed by atoms with Gasteiger partial charge in [-0.3, -0.25) is 4.90 Å². The fourth-order valence-corrected chi connectivity index (χ4v) is 4.49. The van der Waals surface area contributed by atoms with E-state index in [9.17, 15) is 0 Å².